The van der Waals surface area contributed by atoms with E-state index in [0.717, 1.165) is 11.4 Å². The van der Waals surface area contributed by atoms with Gasteiger partial charge in [0, 0.05) is 23.5 Å². The molecule has 0 amide bonds. The average Bonchev–Trinajstić information content (AvgIpc) is 2.51. The molecule has 1 fully saturated rings. The number of piperidine rings is 1. The Hall–Kier alpha value is -2.00. The number of anilines is 2. The van der Waals surface area contributed by atoms with Crippen LogP contribution in [0.25, 0.3) is 0 Å². The first-order valence-corrected chi connectivity index (χ1v) is 7.97. The van der Waals surface area contributed by atoms with Crippen LogP contribution in [0.3, 0.4) is 0 Å². The summed E-state index contributed by atoms with van der Waals surface area (Å²) in [6.45, 7) is 2.35. The standard InChI is InChI=1S/C19H25N3/c1-13-11-18(14-3-7-16(20)8-4-14)22(2)19(12-13)15-5-9-17(21)10-6-15/h3-10,13,18-19H,11-12,20-21H2,1-2H3. The Labute approximate surface area is 132 Å². The van der Waals surface area contributed by atoms with Crippen LogP contribution in [-0.4, -0.2) is 11.9 Å². The minimum atomic E-state index is 0.437. The summed E-state index contributed by atoms with van der Waals surface area (Å²) in [5.41, 5.74) is 16.0. The number of nitrogens with two attached hydrogens (primary N) is 2. The van der Waals surface area contributed by atoms with Crippen LogP contribution in [0.5, 0.6) is 0 Å². The Morgan fingerprint density at radius 1 is 0.773 bits per heavy atom. The minimum Gasteiger partial charge on any atom is -0.399 e. The molecule has 1 aliphatic heterocycles. The van der Waals surface area contributed by atoms with Crippen molar-refractivity contribution in [3.63, 3.8) is 0 Å². The summed E-state index contributed by atoms with van der Waals surface area (Å²) in [6.07, 6.45) is 2.37. The highest BCUT2D eigenvalue weighted by molar-refractivity contribution is 5.42. The first-order valence-electron chi connectivity index (χ1n) is 7.97. The molecule has 0 spiro atoms. The third-order valence-electron chi connectivity index (χ3n) is 4.88. The van der Waals surface area contributed by atoms with E-state index < -0.39 is 0 Å². The lowest BCUT2D eigenvalue weighted by atomic mass is 9.82. The fourth-order valence-electron chi connectivity index (χ4n) is 3.59. The van der Waals surface area contributed by atoms with Gasteiger partial charge in [-0.05, 0) is 61.2 Å². The lowest BCUT2D eigenvalue weighted by Crippen LogP contribution is -2.36. The van der Waals surface area contributed by atoms with Gasteiger partial charge < -0.3 is 11.5 Å². The maximum Gasteiger partial charge on any atom is 0.0353 e. The average molecular weight is 295 g/mol. The van der Waals surface area contributed by atoms with Gasteiger partial charge in [0.25, 0.3) is 0 Å². The predicted octanol–water partition coefficient (Wildman–Crippen LogP) is 4.00. The monoisotopic (exact) mass is 295 g/mol. The molecule has 2 unspecified atom stereocenters. The van der Waals surface area contributed by atoms with Crippen LogP contribution in [0.1, 0.15) is 43.0 Å². The zero-order chi connectivity index (χ0) is 15.7. The highest BCUT2D eigenvalue weighted by atomic mass is 15.2. The molecule has 2 atom stereocenters. The van der Waals surface area contributed by atoms with E-state index in [-0.39, 0.29) is 0 Å². The summed E-state index contributed by atoms with van der Waals surface area (Å²) in [4.78, 5) is 2.50. The Bertz CT molecular complexity index is 563. The van der Waals surface area contributed by atoms with Crippen molar-refractivity contribution in [2.45, 2.75) is 31.8 Å². The third kappa shape index (κ3) is 2.95. The van der Waals surface area contributed by atoms with E-state index in [1.54, 1.807) is 0 Å². The molecule has 0 saturated carbocycles. The van der Waals surface area contributed by atoms with Gasteiger partial charge in [-0.2, -0.15) is 0 Å². The molecule has 3 rings (SSSR count). The van der Waals surface area contributed by atoms with E-state index in [9.17, 15) is 0 Å². The van der Waals surface area contributed by atoms with Crippen molar-refractivity contribution >= 4 is 11.4 Å². The summed E-state index contributed by atoms with van der Waals surface area (Å²) in [5.74, 6) is 0.696. The normalized spacial score (nSPS) is 26.0. The SMILES string of the molecule is CC1CC(c2ccc(N)cc2)N(C)C(c2ccc(N)cc2)C1. The highest BCUT2D eigenvalue weighted by Gasteiger charge is 2.33. The van der Waals surface area contributed by atoms with Crippen LogP contribution in [0, 0.1) is 5.92 Å². The van der Waals surface area contributed by atoms with Crippen molar-refractivity contribution < 1.29 is 0 Å². The summed E-state index contributed by atoms with van der Waals surface area (Å²) in [7, 11) is 2.23. The van der Waals surface area contributed by atoms with E-state index in [1.807, 2.05) is 24.3 Å². The molecule has 0 bridgehead atoms. The van der Waals surface area contributed by atoms with Crippen molar-refractivity contribution in [3.8, 4) is 0 Å². The highest BCUT2D eigenvalue weighted by Crippen LogP contribution is 2.43. The minimum absolute atomic E-state index is 0.437. The lowest BCUT2D eigenvalue weighted by molar-refractivity contribution is 0.0829. The van der Waals surface area contributed by atoms with Crippen molar-refractivity contribution in [1.29, 1.82) is 0 Å². The number of likely N-dealkylation sites (tertiary alicyclic amines) is 1. The molecule has 0 radical (unpaired) electrons. The number of nitrogen functional groups attached to an aromatic ring is 2. The third-order valence-corrected chi connectivity index (χ3v) is 4.88. The molecule has 1 heterocycles. The Balaban J connectivity index is 1.89. The molecule has 1 aliphatic rings. The van der Waals surface area contributed by atoms with Gasteiger partial charge in [0.05, 0.1) is 0 Å². The van der Waals surface area contributed by atoms with Gasteiger partial charge in [0.15, 0.2) is 0 Å². The molecule has 2 aromatic carbocycles. The second-order valence-electron chi connectivity index (χ2n) is 6.61. The quantitative estimate of drug-likeness (QED) is 0.823. The molecule has 0 aliphatic carbocycles. The van der Waals surface area contributed by atoms with Crippen LogP contribution in [0.4, 0.5) is 11.4 Å². The van der Waals surface area contributed by atoms with Crippen LogP contribution in [0.15, 0.2) is 48.5 Å². The van der Waals surface area contributed by atoms with Gasteiger partial charge in [-0.3, -0.25) is 4.90 Å². The zero-order valence-electron chi connectivity index (χ0n) is 13.4. The molecular weight excluding hydrogens is 270 g/mol. The number of nitrogens with zero attached hydrogens (tertiary/aromatic N) is 1. The summed E-state index contributed by atoms with van der Waals surface area (Å²) in [5, 5.41) is 0. The van der Waals surface area contributed by atoms with Crippen molar-refractivity contribution in [2.75, 3.05) is 18.5 Å². The first kappa shape index (κ1) is 14.9. The van der Waals surface area contributed by atoms with Crippen molar-refractivity contribution in [3.05, 3.63) is 59.7 Å². The topological polar surface area (TPSA) is 55.3 Å². The maximum atomic E-state index is 5.83. The Kier molecular flexibility index (Phi) is 4.08. The smallest absolute Gasteiger partial charge is 0.0353 e. The summed E-state index contributed by atoms with van der Waals surface area (Å²) in [6, 6.07) is 17.5. The maximum absolute atomic E-state index is 5.83. The van der Waals surface area contributed by atoms with E-state index in [2.05, 4.69) is 43.1 Å². The molecule has 1 saturated heterocycles. The van der Waals surface area contributed by atoms with E-state index in [0.29, 0.717) is 18.0 Å². The fourth-order valence-corrected chi connectivity index (χ4v) is 3.59. The van der Waals surface area contributed by atoms with Gasteiger partial charge in [-0.1, -0.05) is 31.2 Å². The molecule has 3 heteroatoms. The number of benzene rings is 2. The zero-order valence-corrected chi connectivity index (χ0v) is 13.4. The second-order valence-corrected chi connectivity index (χ2v) is 6.61. The van der Waals surface area contributed by atoms with Gasteiger partial charge in [0.1, 0.15) is 0 Å². The van der Waals surface area contributed by atoms with Crippen LogP contribution in [0.2, 0.25) is 0 Å². The molecule has 0 aromatic heterocycles. The van der Waals surface area contributed by atoms with E-state index in [1.165, 1.54) is 24.0 Å². The molecule has 3 nitrogen and oxygen atoms in total. The lowest BCUT2D eigenvalue weighted by Gasteiger charge is -2.43. The van der Waals surface area contributed by atoms with Gasteiger partial charge in [0.2, 0.25) is 0 Å². The molecule has 4 N–H and O–H groups in total. The van der Waals surface area contributed by atoms with Gasteiger partial charge in [-0.25, -0.2) is 0 Å². The first-order chi connectivity index (χ1) is 10.5. The number of hydrogen-bond acceptors (Lipinski definition) is 3. The van der Waals surface area contributed by atoms with E-state index in [4.69, 9.17) is 11.5 Å². The largest absolute Gasteiger partial charge is 0.399 e. The Morgan fingerprint density at radius 2 is 1.14 bits per heavy atom. The van der Waals surface area contributed by atoms with E-state index >= 15 is 0 Å². The molecule has 22 heavy (non-hydrogen) atoms. The van der Waals surface area contributed by atoms with Crippen molar-refractivity contribution in [2.24, 2.45) is 5.92 Å². The number of rotatable bonds is 2. The second kappa shape index (κ2) is 6.01. The Morgan fingerprint density at radius 3 is 1.50 bits per heavy atom. The van der Waals surface area contributed by atoms with Gasteiger partial charge in [-0.15, -0.1) is 0 Å². The molecule has 116 valence electrons. The van der Waals surface area contributed by atoms with Crippen LogP contribution < -0.4 is 11.5 Å². The van der Waals surface area contributed by atoms with Crippen LogP contribution in [-0.2, 0) is 0 Å². The van der Waals surface area contributed by atoms with Crippen molar-refractivity contribution in [1.82, 2.24) is 4.90 Å². The number of hydrogen-bond donors (Lipinski definition) is 2. The fraction of sp³-hybridized carbons (Fsp3) is 0.368. The van der Waals surface area contributed by atoms with Gasteiger partial charge >= 0.3 is 0 Å². The summed E-state index contributed by atoms with van der Waals surface area (Å²) < 4.78 is 0. The van der Waals surface area contributed by atoms with Crippen LogP contribution >= 0.6 is 0 Å². The predicted molar refractivity (Wildman–Crippen MR) is 93.4 cm³/mol. The molecule has 2 aromatic rings. The molecular formula is C19H25N3. The summed E-state index contributed by atoms with van der Waals surface area (Å²) >= 11 is 0.